The number of nitrogens with zero attached hydrogens (tertiary/aromatic N) is 1. The Labute approximate surface area is 96.8 Å². The zero-order chi connectivity index (χ0) is 12.9. The van der Waals surface area contributed by atoms with Gasteiger partial charge in [0, 0.05) is 20.1 Å². The first-order valence-electron chi connectivity index (χ1n) is 5.10. The number of carboxylic acids is 1. The zero-order valence-electron chi connectivity index (χ0n) is 10.1. The highest BCUT2D eigenvalue weighted by atomic mass is 32.2. The van der Waals surface area contributed by atoms with Gasteiger partial charge in [0.05, 0.1) is 5.92 Å². The molecule has 0 saturated carbocycles. The van der Waals surface area contributed by atoms with E-state index in [9.17, 15) is 13.2 Å². The lowest BCUT2D eigenvalue weighted by Crippen LogP contribution is -2.42. The van der Waals surface area contributed by atoms with E-state index in [4.69, 9.17) is 5.11 Å². The highest BCUT2D eigenvalue weighted by Gasteiger charge is 2.22. The standard InChI is InChI=1S/C9H20N2O4S/c1-7(2)5-10-16(14,15)11(4)6-8(3)9(12)13/h7-8,10H,5-6H2,1-4H3,(H,12,13). The van der Waals surface area contributed by atoms with Crippen LogP contribution in [0.5, 0.6) is 0 Å². The highest BCUT2D eigenvalue weighted by molar-refractivity contribution is 7.87. The number of hydrogen-bond donors (Lipinski definition) is 2. The van der Waals surface area contributed by atoms with Crippen molar-refractivity contribution in [1.29, 1.82) is 0 Å². The Bertz CT molecular complexity index is 326. The van der Waals surface area contributed by atoms with Crippen molar-refractivity contribution < 1.29 is 18.3 Å². The van der Waals surface area contributed by atoms with Gasteiger partial charge in [0.2, 0.25) is 0 Å². The minimum Gasteiger partial charge on any atom is -0.481 e. The molecule has 6 nitrogen and oxygen atoms in total. The first-order chi connectivity index (χ1) is 7.16. The molecule has 0 saturated heterocycles. The van der Waals surface area contributed by atoms with Gasteiger partial charge in [-0.15, -0.1) is 0 Å². The van der Waals surface area contributed by atoms with Gasteiger partial charge >= 0.3 is 5.97 Å². The summed E-state index contributed by atoms with van der Waals surface area (Å²) in [5.41, 5.74) is 0. The van der Waals surface area contributed by atoms with E-state index in [2.05, 4.69) is 4.72 Å². The second-order valence-electron chi connectivity index (χ2n) is 4.27. The van der Waals surface area contributed by atoms with Crippen LogP contribution >= 0.6 is 0 Å². The third kappa shape index (κ3) is 5.43. The van der Waals surface area contributed by atoms with E-state index in [-0.39, 0.29) is 12.5 Å². The first-order valence-corrected chi connectivity index (χ1v) is 6.54. The highest BCUT2D eigenvalue weighted by Crippen LogP contribution is 2.02. The maximum absolute atomic E-state index is 11.6. The van der Waals surface area contributed by atoms with Gasteiger partial charge in [0.1, 0.15) is 0 Å². The molecule has 0 amide bonds. The third-order valence-corrected chi connectivity index (χ3v) is 3.54. The summed E-state index contributed by atoms with van der Waals surface area (Å²) in [5.74, 6) is -1.52. The van der Waals surface area contributed by atoms with Gasteiger partial charge in [-0.1, -0.05) is 20.8 Å². The van der Waals surface area contributed by atoms with Crippen molar-refractivity contribution in [3.63, 3.8) is 0 Å². The average molecular weight is 252 g/mol. The van der Waals surface area contributed by atoms with Gasteiger partial charge in [-0.25, -0.2) is 4.72 Å². The van der Waals surface area contributed by atoms with Gasteiger partial charge in [-0.3, -0.25) is 4.79 Å². The fourth-order valence-corrected chi connectivity index (χ4v) is 2.13. The number of aliphatic carboxylic acids is 1. The van der Waals surface area contributed by atoms with Crippen molar-refractivity contribution in [3.8, 4) is 0 Å². The van der Waals surface area contributed by atoms with E-state index in [1.54, 1.807) is 0 Å². The fraction of sp³-hybridized carbons (Fsp3) is 0.889. The second-order valence-corrected chi connectivity index (χ2v) is 6.13. The van der Waals surface area contributed by atoms with Crippen LogP contribution in [0, 0.1) is 11.8 Å². The summed E-state index contributed by atoms with van der Waals surface area (Å²) in [6, 6.07) is 0. The minimum atomic E-state index is -3.56. The first kappa shape index (κ1) is 15.3. The van der Waals surface area contributed by atoms with E-state index >= 15 is 0 Å². The SMILES string of the molecule is CC(C)CNS(=O)(=O)N(C)CC(C)C(=O)O. The molecule has 1 atom stereocenters. The van der Waals surface area contributed by atoms with Crippen LogP contribution in [-0.4, -0.2) is 43.9 Å². The molecular formula is C9H20N2O4S. The largest absolute Gasteiger partial charge is 0.481 e. The summed E-state index contributed by atoms with van der Waals surface area (Å²) in [6.45, 7) is 5.55. The number of hydrogen-bond acceptors (Lipinski definition) is 3. The molecule has 0 aliphatic carbocycles. The monoisotopic (exact) mass is 252 g/mol. The normalized spacial score (nSPS) is 14.4. The van der Waals surface area contributed by atoms with Gasteiger partial charge < -0.3 is 5.11 Å². The Kier molecular flexibility index (Phi) is 5.91. The molecule has 0 spiro atoms. The molecule has 0 heterocycles. The lowest BCUT2D eigenvalue weighted by atomic mass is 10.2. The summed E-state index contributed by atoms with van der Waals surface area (Å²) < 4.78 is 26.7. The Hall–Kier alpha value is -0.660. The van der Waals surface area contributed by atoms with Crippen LogP contribution in [0.1, 0.15) is 20.8 Å². The Balaban J connectivity index is 4.35. The number of nitrogens with one attached hydrogen (secondary N) is 1. The van der Waals surface area contributed by atoms with Crippen LogP contribution < -0.4 is 4.72 Å². The summed E-state index contributed by atoms with van der Waals surface area (Å²) in [7, 11) is -2.20. The molecule has 0 aromatic rings. The van der Waals surface area contributed by atoms with Crippen molar-refractivity contribution in [2.24, 2.45) is 11.8 Å². The van der Waals surface area contributed by atoms with Gasteiger partial charge in [0.25, 0.3) is 10.2 Å². The summed E-state index contributed by atoms with van der Waals surface area (Å²) in [5, 5.41) is 8.67. The molecule has 7 heteroatoms. The number of carboxylic acid groups (broad SMARTS) is 1. The lowest BCUT2D eigenvalue weighted by Gasteiger charge is -2.20. The van der Waals surface area contributed by atoms with E-state index < -0.39 is 22.1 Å². The van der Waals surface area contributed by atoms with E-state index in [1.165, 1.54) is 14.0 Å². The van der Waals surface area contributed by atoms with Crippen molar-refractivity contribution >= 4 is 16.2 Å². The topological polar surface area (TPSA) is 86.7 Å². The molecule has 1 unspecified atom stereocenters. The summed E-state index contributed by atoms with van der Waals surface area (Å²) >= 11 is 0. The zero-order valence-corrected chi connectivity index (χ0v) is 10.9. The van der Waals surface area contributed by atoms with Crippen molar-refractivity contribution in [2.45, 2.75) is 20.8 Å². The second kappa shape index (κ2) is 6.17. The van der Waals surface area contributed by atoms with E-state index in [0.717, 1.165) is 4.31 Å². The van der Waals surface area contributed by atoms with Crippen LogP contribution in [0.4, 0.5) is 0 Å². The van der Waals surface area contributed by atoms with Gasteiger partial charge in [0.15, 0.2) is 0 Å². The number of rotatable bonds is 7. The molecular weight excluding hydrogens is 232 g/mol. The molecule has 2 N–H and O–H groups in total. The molecule has 16 heavy (non-hydrogen) atoms. The molecule has 0 fully saturated rings. The molecule has 0 aliphatic heterocycles. The molecule has 96 valence electrons. The van der Waals surface area contributed by atoms with Crippen LogP contribution in [0.3, 0.4) is 0 Å². The number of carbonyl (C=O) groups is 1. The Morgan fingerprint density at radius 3 is 2.25 bits per heavy atom. The molecule has 0 aliphatic rings. The average Bonchev–Trinajstić information content (AvgIpc) is 2.14. The minimum absolute atomic E-state index is 0.0389. The maximum Gasteiger partial charge on any atom is 0.307 e. The lowest BCUT2D eigenvalue weighted by molar-refractivity contribution is -0.141. The van der Waals surface area contributed by atoms with Crippen molar-refractivity contribution in [1.82, 2.24) is 9.03 Å². The maximum atomic E-state index is 11.6. The Morgan fingerprint density at radius 2 is 1.88 bits per heavy atom. The quantitative estimate of drug-likeness (QED) is 0.674. The predicted octanol–water partition coefficient (Wildman–Crippen LogP) is 0.129. The van der Waals surface area contributed by atoms with Crippen LogP contribution in [0.2, 0.25) is 0 Å². The summed E-state index contributed by atoms with van der Waals surface area (Å²) in [6.07, 6.45) is 0. The molecule has 0 radical (unpaired) electrons. The van der Waals surface area contributed by atoms with Crippen LogP contribution in [0.25, 0.3) is 0 Å². The van der Waals surface area contributed by atoms with E-state index in [1.807, 2.05) is 13.8 Å². The fourth-order valence-electron chi connectivity index (χ4n) is 0.944. The van der Waals surface area contributed by atoms with E-state index in [0.29, 0.717) is 6.54 Å². The van der Waals surface area contributed by atoms with Crippen molar-refractivity contribution in [2.75, 3.05) is 20.1 Å². The predicted molar refractivity (Wildman–Crippen MR) is 61.2 cm³/mol. The summed E-state index contributed by atoms with van der Waals surface area (Å²) in [4.78, 5) is 10.6. The molecule has 0 aromatic heterocycles. The molecule has 0 aromatic carbocycles. The van der Waals surface area contributed by atoms with Crippen LogP contribution in [-0.2, 0) is 15.0 Å². The third-order valence-electron chi connectivity index (χ3n) is 2.04. The Morgan fingerprint density at radius 1 is 1.38 bits per heavy atom. The smallest absolute Gasteiger partial charge is 0.307 e. The molecule has 0 bridgehead atoms. The van der Waals surface area contributed by atoms with Crippen LogP contribution in [0.15, 0.2) is 0 Å². The molecule has 0 rings (SSSR count). The van der Waals surface area contributed by atoms with Crippen molar-refractivity contribution in [3.05, 3.63) is 0 Å². The van der Waals surface area contributed by atoms with Gasteiger partial charge in [-0.05, 0) is 5.92 Å². The van der Waals surface area contributed by atoms with Gasteiger partial charge in [-0.2, -0.15) is 12.7 Å².